The normalized spacial score (nSPS) is 24.9. The minimum absolute atomic E-state index is 0.0271. The third kappa shape index (κ3) is 3.73. The van der Waals surface area contributed by atoms with Crippen LogP contribution in [0.2, 0.25) is 0 Å². The van der Waals surface area contributed by atoms with E-state index in [2.05, 4.69) is 10.3 Å². The molecule has 5 heteroatoms. The van der Waals surface area contributed by atoms with Crippen LogP contribution < -0.4 is 10.1 Å². The van der Waals surface area contributed by atoms with Crippen molar-refractivity contribution in [3.63, 3.8) is 0 Å². The Balaban J connectivity index is 1.59. The SMILES string of the molecule is CNCc1ccc(OC2CCOC3(CCOCC3)C2)cn1. The molecule has 1 aromatic heterocycles. The van der Waals surface area contributed by atoms with Crippen LogP contribution in [-0.4, -0.2) is 43.6 Å². The summed E-state index contributed by atoms with van der Waals surface area (Å²) in [6.45, 7) is 3.15. The molecule has 2 aliphatic heterocycles. The van der Waals surface area contributed by atoms with E-state index in [1.165, 1.54) is 0 Å². The van der Waals surface area contributed by atoms with Crippen LogP contribution in [0.25, 0.3) is 0 Å². The molecule has 0 aliphatic carbocycles. The summed E-state index contributed by atoms with van der Waals surface area (Å²) < 4.78 is 17.6. The third-order valence-electron chi connectivity index (χ3n) is 4.31. The van der Waals surface area contributed by atoms with Crippen molar-refractivity contribution in [3.05, 3.63) is 24.0 Å². The summed E-state index contributed by atoms with van der Waals surface area (Å²) in [5.74, 6) is 0.851. The fourth-order valence-corrected chi connectivity index (χ4v) is 3.13. The van der Waals surface area contributed by atoms with Gasteiger partial charge >= 0.3 is 0 Å². The first-order valence-corrected chi connectivity index (χ1v) is 7.78. The second-order valence-electron chi connectivity index (χ2n) is 5.89. The molecule has 2 aliphatic rings. The van der Waals surface area contributed by atoms with Crippen molar-refractivity contribution in [2.75, 3.05) is 26.9 Å². The van der Waals surface area contributed by atoms with Crippen molar-refractivity contribution >= 4 is 0 Å². The van der Waals surface area contributed by atoms with Gasteiger partial charge in [-0.2, -0.15) is 0 Å². The molecule has 1 atom stereocenters. The highest BCUT2D eigenvalue weighted by atomic mass is 16.5. The lowest BCUT2D eigenvalue weighted by molar-refractivity contribution is -0.155. The molecule has 0 aromatic carbocycles. The number of nitrogens with zero attached hydrogens (tertiary/aromatic N) is 1. The Morgan fingerprint density at radius 3 is 2.90 bits per heavy atom. The number of hydrogen-bond acceptors (Lipinski definition) is 5. The van der Waals surface area contributed by atoms with Gasteiger partial charge in [0, 0.05) is 32.6 Å². The first kappa shape index (κ1) is 14.8. The highest BCUT2D eigenvalue weighted by Crippen LogP contribution is 2.35. The predicted octanol–water partition coefficient (Wildman–Crippen LogP) is 1.91. The summed E-state index contributed by atoms with van der Waals surface area (Å²) in [4.78, 5) is 4.40. The van der Waals surface area contributed by atoms with Crippen LogP contribution >= 0.6 is 0 Å². The number of nitrogens with one attached hydrogen (secondary N) is 1. The van der Waals surface area contributed by atoms with Gasteiger partial charge < -0.3 is 19.5 Å². The molecule has 1 aromatic rings. The van der Waals surface area contributed by atoms with Gasteiger partial charge in [-0.3, -0.25) is 4.98 Å². The zero-order valence-electron chi connectivity index (χ0n) is 12.6. The Hall–Kier alpha value is -1.17. The maximum absolute atomic E-state index is 6.11. The summed E-state index contributed by atoms with van der Waals surface area (Å²) in [5, 5.41) is 3.09. The lowest BCUT2D eigenvalue weighted by atomic mass is 9.85. The second-order valence-corrected chi connectivity index (χ2v) is 5.89. The summed E-state index contributed by atoms with van der Waals surface area (Å²) >= 11 is 0. The minimum atomic E-state index is -0.0271. The molecular formula is C16H24N2O3. The fraction of sp³-hybridized carbons (Fsp3) is 0.688. The van der Waals surface area contributed by atoms with Gasteiger partial charge in [0.05, 0.1) is 24.1 Å². The smallest absolute Gasteiger partial charge is 0.138 e. The van der Waals surface area contributed by atoms with Crippen LogP contribution in [0.1, 0.15) is 31.4 Å². The Morgan fingerprint density at radius 1 is 1.33 bits per heavy atom. The molecule has 116 valence electrons. The van der Waals surface area contributed by atoms with Crippen molar-refractivity contribution in [2.45, 2.75) is 43.9 Å². The van der Waals surface area contributed by atoms with Gasteiger partial charge in [-0.05, 0) is 32.0 Å². The molecule has 3 rings (SSSR count). The minimum Gasteiger partial charge on any atom is -0.489 e. The Bertz CT molecular complexity index is 438. The summed E-state index contributed by atoms with van der Waals surface area (Å²) in [5.41, 5.74) is 0.999. The molecule has 21 heavy (non-hydrogen) atoms. The monoisotopic (exact) mass is 292 g/mol. The lowest BCUT2D eigenvalue weighted by Gasteiger charge is -2.43. The van der Waals surface area contributed by atoms with E-state index < -0.39 is 0 Å². The van der Waals surface area contributed by atoms with Gasteiger partial charge in [0.25, 0.3) is 0 Å². The molecule has 3 heterocycles. The topological polar surface area (TPSA) is 52.6 Å². The maximum Gasteiger partial charge on any atom is 0.138 e. The van der Waals surface area contributed by atoms with E-state index >= 15 is 0 Å². The van der Waals surface area contributed by atoms with Crippen LogP contribution in [0.4, 0.5) is 0 Å². The Morgan fingerprint density at radius 2 is 2.19 bits per heavy atom. The van der Waals surface area contributed by atoms with E-state index in [0.717, 1.165) is 63.5 Å². The van der Waals surface area contributed by atoms with Gasteiger partial charge in [-0.15, -0.1) is 0 Å². The van der Waals surface area contributed by atoms with Crippen molar-refractivity contribution in [3.8, 4) is 5.75 Å². The second kappa shape index (κ2) is 6.73. The zero-order valence-corrected chi connectivity index (χ0v) is 12.6. The average Bonchev–Trinajstić information content (AvgIpc) is 2.50. The van der Waals surface area contributed by atoms with Crippen LogP contribution in [0.3, 0.4) is 0 Å². The molecule has 2 saturated heterocycles. The van der Waals surface area contributed by atoms with E-state index in [1.807, 2.05) is 25.4 Å². The fourth-order valence-electron chi connectivity index (χ4n) is 3.13. The van der Waals surface area contributed by atoms with Gasteiger partial charge in [0.15, 0.2) is 0 Å². The van der Waals surface area contributed by atoms with Gasteiger partial charge in [0.1, 0.15) is 11.9 Å². The van der Waals surface area contributed by atoms with E-state index in [9.17, 15) is 0 Å². The van der Waals surface area contributed by atoms with Crippen LogP contribution in [0.5, 0.6) is 5.75 Å². The van der Waals surface area contributed by atoms with Crippen molar-refractivity contribution in [2.24, 2.45) is 0 Å². The van der Waals surface area contributed by atoms with Crippen molar-refractivity contribution in [1.82, 2.24) is 10.3 Å². The molecule has 1 N–H and O–H groups in total. The van der Waals surface area contributed by atoms with Crippen molar-refractivity contribution in [1.29, 1.82) is 0 Å². The molecular weight excluding hydrogens is 268 g/mol. The van der Waals surface area contributed by atoms with E-state index in [1.54, 1.807) is 0 Å². The Kier molecular flexibility index (Phi) is 4.73. The maximum atomic E-state index is 6.11. The predicted molar refractivity (Wildman–Crippen MR) is 79.4 cm³/mol. The molecule has 1 spiro atoms. The van der Waals surface area contributed by atoms with Crippen LogP contribution in [-0.2, 0) is 16.0 Å². The molecule has 1 unspecified atom stereocenters. The highest BCUT2D eigenvalue weighted by molar-refractivity contribution is 5.20. The molecule has 0 radical (unpaired) electrons. The van der Waals surface area contributed by atoms with Gasteiger partial charge in [0.2, 0.25) is 0 Å². The largest absolute Gasteiger partial charge is 0.489 e. The standard InChI is InChI=1S/C16H24N2O3/c1-17-11-13-2-3-15(12-18-13)21-14-4-7-20-16(10-14)5-8-19-9-6-16/h2-3,12,14,17H,4-11H2,1H3. The van der Waals surface area contributed by atoms with E-state index in [-0.39, 0.29) is 11.7 Å². The molecule has 0 saturated carbocycles. The number of aromatic nitrogens is 1. The number of rotatable bonds is 4. The quantitative estimate of drug-likeness (QED) is 0.918. The lowest BCUT2D eigenvalue weighted by Crippen LogP contribution is -2.47. The van der Waals surface area contributed by atoms with E-state index in [4.69, 9.17) is 14.2 Å². The third-order valence-corrected chi connectivity index (χ3v) is 4.31. The average molecular weight is 292 g/mol. The zero-order chi connectivity index (χ0) is 14.5. The van der Waals surface area contributed by atoms with Crippen LogP contribution in [0.15, 0.2) is 18.3 Å². The first-order chi connectivity index (χ1) is 10.3. The molecule has 2 fully saturated rings. The first-order valence-electron chi connectivity index (χ1n) is 7.78. The summed E-state index contributed by atoms with van der Waals surface area (Å²) in [6.07, 6.45) is 5.89. The Labute approximate surface area is 126 Å². The van der Waals surface area contributed by atoms with Crippen molar-refractivity contribution < 1.29 is 14.2 Å². The van der Waals surface area contributed by atoms with Gasteiger partial charge in [-0.25, -0.2) is 0 Å². The molecule has 0 amide bonds. The van der Waals surface area contributed by atoms with Crippen LogP contribution in [0, 0.1) is 0 Å². The van der Waals surface area contributed by atoms with Gasteiger partial charge in [-0.1, -0.05) is 0 Å². The summed E-state index contributed by atoms with van der Waals surface area (Å²) in [7, 11) is 1.92. The number of ether oxygens (including phenoxy) is 3. The summed E-state index contributed by atoms with van der Waals surface area (Å²) in [6, 6.07) is 4.02. The number of hydrogen-bond donors (Lipinski definition) is 1. The van der Waals surface area contributed by atoms with E-state index in [0.29, 0.717) is 0 Å². The highest BCUT2D eigenvalue weighted by Gasteiger charge is 2.39. The number of pyridine rings is 1. The molecule has 0 bridgehead atoms. The molecule has 5 nitrogen and oxygen atoms in total.